The molecule has 1 atom stereocenters. The highest BCUT2D eigenvalue weighted by molar-refractivity contribution is 7.89. The average Bonchev–Trinajstić information content (AvgIpc) is 2.95. The summed E-state index contributed by atoms with van der Waals surface area (Å²) < 4.78 is 39.7. The Bertz CT molecular complexity index is 1610. The zero-order valence-electron chi connectivity index (χ0n) is 22.9. The predicted molar refractivity (Wildman–Crippen MR) is 157 cm³/mol. The number of methoxy groups -OCH3 is 1. The molecule has 1 amide bonds. The number of nitrogens with zero attached hydrogens (tertiary/aromatic N) is 1. The Kier molecular flexibility index (Phi) is 9.19. The molecule has 0 radical (unpaired) electrons. The van der Waals surface area contributed by atoms with Gasteiger partial charge in [-0.25, -0.2) is 13.8 Å². The van der Waals surface area contributed by atoms with Gasteiger partial charge in [0.05, 0.1) is 18.2 Å². The molecule has 0 aliphatic rings. The van der Waals surface area contributed by atoms with Gasteiger partial charge >= 0.3 is 0 Å². The number of rotatable bonds is 11. The first-order chi connectivity index (χ1) is 19.2. The van der Waals surface area contributed by atoms with Gasteiger partial charge < -0.3 is 9.47 Å². The molecule has 0 saturated carbocycles. The summed E-state index contributed by atoms with van der Waals surface area (Å²) in [6, 6.07) is 25.0. The van der Waals surface area contributed by atoms with Crippen LogP contribution in [0.3, 0.4) is 0 Å². The van der Waals surface area contributed by atoms with E-state index < -0.39 is 22.0 Å². The third kappa shape index (κ3) is 7.05. The largest absolute Gasteiger partial charge is 0.493 e. The lowest BCUT2D eigenvalue weighted by atomic mass is 10.1. The van der Waals surface area contributed by atoms with Gasteiger partial charge in [0.1, 0.15) is 12.6 Å². The van der Waals surface area contributed by atoms with Crippen molar-refractivity contribution in [3.63, 3.8) is 0 Å². The summed E-state index contributed by atoms with van der Waals surface area (Å²) in [6.45, 7) is 5.76. The molecule has 4 rings (SSSR count). The van der Waals surface area contributed by atoms with Crippen molar-refractivity contribution in [2.75, 3.05) is 7.11 Å². The molecule has 208 valence electrons. The lowest BCUT2D eigenvalue weighted by molar-refractivity contribution is -0.123. The van der Waals surface area contributed by atoms with E-state index in [2.05, 4.69) is 33.4 Å². The molecule has 40 heavy (non-hydrogen) atoms. The normalized spacial score (nSPS) is 12.5. The summed E-state index contributed by atoms with van der Waals surface area (Å²) in [6.07, 6.45) is 1.46. The number of aryl methyl sites for hydroxylation is 1. The van der Waals surface area contributed by atoms with Gasteiger partial charge in [0.15, 0.2) is 11.5 Å². The maximum absolute atomic E-state index is 12.8. The van der Waals surface area contributed by atoms with E-state index in [4.69, 9.17) is 9.47 Å². The SMILES string of the molecule is COc1cc(/C=N\NC(=O)[C@H](NS(=O)(=O)c2ccc(C)cc2)C(C)C)ccc1OCc1cccc2ccccc12. The van der Waals surface area contributed by atoms with Crippen molar-refractivity contribution in [3.05, 3.63) is 102 Å². The number of carbonyl (C=O) groups excluding carboxylic acids is 1. The molecule has 0 aromatic heterocycles. The van der Waals surface area contributed by atoms with Gasteiger partial charge in [-0.3, -0.25) is 4.79 Å². The van der Waals surface area contributed by atoms with Crippen LogP contribution in [0.4, 0.5) is 0 Å². The molecule has 0 aliphatic carbocycles. The van der Waals surface area contributed by atoms with Gasteiger partial charge in [0.25, 0.3) is 5.91 Å². The maximum atomic E-state index is 12.8. The smallest absolute Gasteiger partial charge is 0.258 e. The fourth-order valence-electron chi connectivity index (χ4n) is 4.14. The van der Waals surface area contributed by atoms with Crippen LogP contribution in [0.2, 0.25) is 0 Å². The highest BCUT2D eigenvalue weighted by Gasteiger charge is 2.28. The molecule has 0 unspecified atom stereocenters. The van der Waals surface area contributed by atoms with Gasteiger partial charge in [-0.15, -0.1) is 0 Å². The van der Waals surface area contributed by atoms with E-state index in [1.54, 1.807) is 51.3 Å². The number of fused-ring (bicyclic) bond motifs is 1. The van der Waals surface area contributed by atoms with Gasteiger partial charge in [-0.2, -0.15) is 9.82 Å². The molecule has 9 heteroatoms. The molecule has 0 fully saturated rings. The van der Waals surface area contributed by atoms with Crippen molar-refractivity contribution in [2.45, 2.75) is 38.3 Å². The fraction of sp³-hybridized carbons (Fsp3) is 0.226. The Hall–Kier alpha value is -4.21. The summed E-state index contributed by atoms with van der Waals surface area (Å²) in [5.74, 6) is 0.209. The highest BCUT2D eigenvalue weighted by atomic mass is 32.2. The van der Waals surface area contributed by atoms with E-state index in [0.29, 0.717) is 23.7 Å². The number of carbonyl (C=O) groups is 1. The Morgan fingerprint density at radius 3 is 2.40 bits per heavy atom. The van der Waals surface area contributed by atoms with Crippen molar-refractivity contribution >= 4 is 32.9 Å². The van der Waals surface area contributed by atoms with Crippen molar-refractivity contribution in [1.29, 1.82) is 0 Å². The standard InChI is InChI=1S/C31H33N3O5S/c1-21(2)30(34-40(36,37)26-15-12-22(3)13-16-26)31(35)33-32-19-23-14-17-28(29(18-23)38-4)39-20-25-10-7-9-24-8-5-6-11-27(24)25/h5-19,21,30,34H,20H2,1-4H3,(H,33,35)/b32-19-/t30-/m1/s1. The van der Waals surface area contributed by atoms with Gasteiger partial charge in [-0.1, -0.05) is 74.0 Å². The molecular weight excluding hydrogens is 526 g/mol. The minimum absolute atomic E-state index is 0.0925. The highest BCUT2D eigenvalue weighted by Crippen LogP contribution is 2.29. The van der Waals surface area contributed by atoms with Crippen molar-refractivity contribution in [2.24, 2.45) is 11.0 Å². The Balaban J connectivity index is 1.40. The van der Waals surface area contributed by atoms with Crippen LogP contribution in [0.25, 0.3) is 10.8 Å². The van der Waals surface area contributed by atoms with E-state index in [1.807, 2.05) is 31.2 Å². The monoisotopic (exact) mass is 559 g/mol. The number of hydrogen-bond donors (Lipinski definition) is 2. The molecule has 4 aromatic rings. The van der Waals surface area contributed by atoms with Crippen LogP contribution < -0.4 is 19.6 Å². The number of hydrogen-bond acceptors (Lipinski definition) is 6. The first-order valence-electron chi connectivity index (χ1n) is 12.9. The summed E-state index contributed by atoms with van der Waals surface area (Å²) in [5.41, 5.74) is 5.10. The van der Waals surface area contributed by atoms with Gasteiger partial charge in [0.2, 0.25) is 10.0 Å². The van der Waals surface area contributed by atoms with Crippen LogP contribution in [0.15, 0.2) is 94.9 Å². The Morgan fingerprint density at radius 1 is 0.950 bits per heavy atom. The first-order valence-corrected chi connectivity index (χ1v) is 14.4. The van der Waals surface area contributed by atoms with Crippen LogP contribution in [-0.2, 0) is 21.4 Å². The van der Waals surface area contributed by atoms with Gasteiger partial charge in [0, 0.05) is 0 Å². The molecule has 0 bridgehead atoms. The molecule has 0 saturated heterocycles. The minimum Gasteiger partial charge on any atom is -0.493 e. The first kappa shape index (κ1) is 28.8. The summed E-state index contributed by atoms with van der Waals surface area (Å²) in [5, 5.41) is 6.31. The lowest BCUT2D eigenvalue weighted by Gasteiger charge is -2.20. The van der Waals surface area contributed by atoms with Crippen molar-refractivity contribution in [3.8, 4) is 11.5 Å². The van der Waals surface area contributed by atoms with E-state index in [-0.39, 0.29) is 10.8 Å². The third-order valence-electron chi connectivity index (χ3n) is 6.40. The topological polar surface area (TPSA) is 106 Å². The van der Waals surface area contributed by atoms with Gasteiger partial charge in [-0.05, 0) is 65.1 Å². The molecule has 0 heterocycles. The lowest BCUT2D eigenvalue weighted by Crippen LogP contribution is -2.48. The third-order valence-corrected chi connectivity index (χ3v) is 7.86. The molecular formula is C31H33N3O5S. The number of amides is 1. The fourth-order valence-corrected chi connectivity index (χ4v) is 5.49. The van der Waals surface area contributed by atoms with Crippen LogP contribution in [-0.4, -0.2) is 33.7 Å². The van der Waals surface area contributed by atoms with Crippen LogP contribution in [0.5, 0.6) is 11.5 Å². The molecule has 4 aromatic carbocycles. The van der Waals surface area contributed by atoms with Crippen LogP contribution in [0, 0.1) is 12.8 Å². The zero-order valence-corrected chi connectivity index (χ0v) is 23.7. The second-order valence-electron chi connectivity index (χ2n) is 9.73. The Labute approximate surface area is 235 Å². The van der Waals surface area contributed by atoms with Crippen LogP contribution >= 0.6 is 0 Å². The van der Waals surface area contributed by atoms with E-state index >= 15 is 0 Å². The second-order valence-corrected chi connectivity index (χ2v) is 11.4. The van der Waals surface area contributed by atoms with E-state index in [1.165, 1.54) is 18.3 Å². The molecule has 0 aliphatic heterocycles. The number of sulfonamides is 1. The minimum atomic E-state index is -3.89. The van der Waals surface area contributed by atoms with Crippen molar-refractivity contribution in [1.82, 2.24) is 10.1 Å². The quantitative estimate of drug-likeness (QED) is 0.194. The maximum Gasteiger partial charge on any atom is 0.258 e. The van der Waals surface area contributed by atoms with Crippen molar-refractivity contribution < 1.29 is 22.7 Å². The number of ether oxygens (including phenoxy) is 2. The molecule has 0 spiro atoms. The summed E-state index contributed by atoms with van der Waals surface area (Å²) in [4.78, 5) is 12.9. The zero-order chi connectivity index (χ0) is 28.7. The average molecular weight is 560 g/mol. The van der Waals surface area contributed by atoms with E-state index in [0.717, 1.165) is 21.9 Å². The predicted octanol–water partition coefficient (Wildman–Crippen LogP) is 5.19. The van der Waals surface area contributed by atoms with Crippen LogP contribution in [0.1, 0.15) is 30.5 Å². The number of nitrogens with one attached hydrogen (secondary N) is 2. The molecule has 8 nitrogen and oxygen atoms in total. The summed E-state index contributed by atoms with van der Waals surface area (Å²) >= 11 is 0. The summed E-state index contributed by atoms with van der Waals surface area (Å²) in [7, 11) is -2.34. The number of hydrazone groups is 1. The number of benzene rings is 4. The second kappa shape index (κ2) is 12.8. The van der Waals surface area contributed by atoms with E-state index in [9.17, 15) is 13.2 Å². The Morgan fingerprint density at radius 2 is 1.68 bits per heavy atom. The molecule has 2 N–H and O–H groups in total.